The highest BCUT2D eigenvalue weighted by molar-refractivity contribution is 6.45. The molecule has 2 rings (SSSR count). The van der Waals surface area contributed by atoms with Crippen LogP contribution in [0.4, 0.5) is 4.79 Å². The van der Waals surface area contributed by atoms with Crippen molar-refractivity contribution in [2.75, 3.05) is 0 Å². The number of amides is 2. The van der Waals surface area contributed by atoms with Crippen molar-refractivity contribution in [1.29, 1.82) is 10.5 Å². The van der Waals surface area contributed by atoms with Crippen LogP contribution >= 0.6 is 23.2 Å². The second-order valence-corrected chi connectivity index (χ2v) is 6.44. The number of primary amides is 1. The number of Topliss-reactive ketones (excluding diaryl/α,β-unsaturated/α-hetero) is 1. The molecule has 0 aliphatic heterocycles. The smallest absolute Gasteiger partial charge is 0.332 e. The normalized spacial score (nSPS) is 12.9. The van der Waals surface area contributed by atoms with Crippen LogP contribution < -0.4 is 11.2 Å². The molecule has 0 spiro atoms. The van der Waals surface area contributed by atoms with Crippen molar-refractivity contribution >= 4 is 40.7 Å². The van der Waals surface area contributed by atoms with Gasteiger partial charge in [0.05, 0.1) is 12.1 Å². The maximum atomic E-state index is 13.1. The van der Waals surface area contributed by atoms with Crippen molar-refractivity contribution in [2.24, 2.45) is 10.8 Å². The van der Waals surface area contributed by atoms with Gasteiger partial charge in [-0.2, -0.15) is 15.6 Å². The maximum absolute atomic E-state index is 13.1. The van der Waals surface area contributed by atoms with E-state index < -0.39 is 23.7 Å². The van der Waals surface area contributed by atoms with E-state index in [1.54, 1.807) is 24.3 Å². The van der Waals surface area contributed by atoms with Crippen LogP contribution in [0.2, 0.25) is 10.0 Å². The summed E-state index contributed by atoms with van der Waals surface area (Å²) in [5, 5.41) is 23.8. The Labute approximate surface area is 171 Å². The lowest BCUT2D eigenvalue weighted by Crippen LogP contribution is -2.32. The number of nitrogens with two attached hydrogens (primary N) is 1. The third kappa shape index (κ3) is 5.08. The van der Waals surface area contributed by atoms with Gasteiger partial charge in [0.25, 0.3) is 0 Å². The molecule has 2 aromatic carbocycles. The van der Waals surface area contributed by atoms with E-state index >= 15 is 0 Å². The summed E-state index contributed by atoms with van der Waals surface area (Å²) in [7, 11) is 0. The van der Waals surface area contributed by atoms with Gasteiger partial charge < -0.3 is 5.73 Å². The number of halogens is 2. The largest absolute Gasteiger partial charge is 0.350 e. The third-order valence-corrected chi connectivity index (χ3v) is 4.24. The molecule has 140 valence electrons. The van der Waals surface area contributed by atoms with E-state index in [9.17, 15) is 20.1 Å². The number of benzene rings is 2. The molecule has 0 bridgehead atoms. The van der Waals surface area contributed by atoms with Gasteiger partial charge >= 0.3 is 6.03 Å². The number of nitrogens with zero attached hydrogens (tertiary/aromatic N) is 3. The average Bonchev–Trinajstić information content (AvgIpc) is 2.68. The second kappa shape index (κ2) is 9.52. The first kappa shape index (κ1) is 20.9. The number of hydrogen-bond donors (Lipinski definition) is 2. The number of nitriles is 2. The van der Waals surface area contributed by atoms with Crippen LogP contribution in [-0.4, -0.2) is 17.5 Å². The monoisotopic (exact) mass is 413 g/mol. The van der Waals surface area contributed by atoms with Crippen LogP contribution in [-0.2, 0) is 4.79 Å². The summed E-state index contributed by atoms with van der Waals surface area (Å²) in [6.45, 7) is 0. The first-order valence-electron chi connectivity index (χ1n) is 7.84. The maximum Gasteiger partial charge on any atom is 0.332 e. The topological polar surface area (TPSA) is 132 Å². The van der Waals surface area contributed by atoms with E-state index in [0.29, 0.717) is 21.2 Å². The number of hydrazone groups is 1. The number of carbonyl (C=O) groups is 2. The molecule has 0 radical (unpaired) electrons. The minimum absolute atomic E-state index is 0.329. The van der Waals surface area contributed by atoms with Gasteiger partial charge in [-0.15, -0.1) is 0 Å². The number of rotatable bonds is 6. The molecule has 0 aromatic heterocycles. The van der Waals surface area contributed by atoms with E-state index in [1.807, 2.05) is 17.6 Å². The number of hydrogen-bond acceptors (Lipinski definition) is 5. The average molecular weight is 414 g/mol. The Morgan fingerprint density at radius 2 is 1.32 bits per heavy atom. The molecule has 0 heterocycles. The summed E-state index contributed by atoms with van der Waals surface area (Å²) in [6, 6.07) is 15.2. The number of nitrogens with one attached hydrogen (secondary N) is 1. The summed E-state index contributed by atoms with van der Waals surface area (Å²) in [6.07, 6.45) is 0. The Morgan fingerprint density at radius 1 is 0.893 bits per heavy atom. The molecule has 3 N–H and O–H groups in total. The van der Waals surface area contributed by atoms with Crippen LogP contribution in [0.25, 0.3) is 0 Å². The van der Waals surface area contributed by atoms with Crippen molar-refractivity contribution in [3.05, 3.63) is 69.7 Å². The van der Waals surface area contributed by atoms with E-state index in [0.717, 1.165) is 0 Å². The fourth-order valence-corrected chi connectivity index (χ4v) is 2.67. The molecule has 9 heteroatoms. The lowest BCUT2D eigenvalue weighted by Gasteiger charge is -2.15. The SMILES string of the molecule is N#C[C@H](C(=O)/C(=N\NC(N)=O)[C@@H](C#N)c1ccc(Cl)cc1)c1ccc(Cl)cc1. The summed E-state index contributed by atoms with van der Waals surface area (Å²) in [5.41, 5.74) is 7.45. The van der Waals surface area contributed by atoms with Gasteiger partial charge in [-0.3, -0.25) is 4.79 Å². The zero-order chi connectivity index (χ0) is 20.7. The first-order valence-corrected chi connectivity index (χ1v) is 8.60. The lowest BCUT2D eigenvalue weighted by molar-refractivity contribution is -0.113. The number of urea groups is 1. The third-order valence-electron chi connectivity index (χ3n) is 3.74. The van der Waals surface area contributed by atoms with E-state index in [2.05, 4.69) is 5.10 Å². The fraction of sp³-hybridized carbons (Fsp3) is 0.105. The van der Waals surface area contributed by atoms with E-state index in [4.69, 9.17) is 28.9 Å². The molecule has 0 fully saturated rings. The van der Waals surface area contributed by atoms with Gasteiger partial charge in [0.1, 0.15) is 17.5 Å². The lowest BCUT2D eigenvalue weighted by atomic mass is 9.86. The molecule has 2 aromatic rings. The summed E-state index contributed by atoms with van der Waals surface area (Å²) >= 11 is 11.7. The van der Waals surface area contributed by atoms with Crippen LogP contribution in [0.3, 0.4) is 0 Å². The molecule has 2 atom stereocenters. The molecule has 2 amide bonds. The zero-order valence-electron chi connectivity index (χ0n) is 14.3. The van der Waals surface area contributed by atoms with Gasteiger partial charge in [0.2, 0.25) is 5.78 Å². The second-order valence-electron chi connectivity index (χ2n) is 5.56. The molecule has 0 aliphatic rings. The van der Waals surface area contributed by atoms with Crippen molar-refractivity contribution in [2.45, 2.75) is 11.8 Å². The van der Waals surface area contributed by atoms with Crippen molar-refractivity contribution < 1.29 is 9.59 Å². The van der Waals surface area contributed by atoms with Crippen LogP contribution in [0, 0.1) is 22.7 Å². The Morgan fingerprint density at radius 3 is 1.71 bits per heavy atom. The summed E-state index contributed by atoms with van der Waals surface area (Å²) < 4.78 is 0. The molecular formula is C19H13Cl2N5O2. The minimum Gasteiger partial charge on any atom is -0.350 e. The van der Waals surface area contributed by atoms with Crippen molar-refractivity contribution in [3.63, 3.8) is 0 Å². The van der Waals surface area contributed by atoms with Crippen LogP contribution in [0.1, 0.15) is 23.0 Å². The zero-order valence-corrected chi connectivity index (χ0v) is 15.8. The minimum atomic E-state index is -1.26. The predicted octanol–water partition coefficient (Wildman–Crippen LogP) is 3.50. The van der Waals surface area contributed by atoms with E-state index in [-0.39, 0.29) is 5.71 Å². The molecule has 28 heavy (non-hydrogen) atoms. The van der Waals surface area contributed by atoms with Gasteiger partial charge in [-0.1, -0.05) is 47.5 Å². The number of ketones is 1. The summed E-state index contributed by atoms with van der Waals surface area (Å²) in [5.74, 6) is -3.16. The Hall–Kier alpha value is -3.39. The number of carbonyl (C=O) groups excluding carboxylic acids is 2. The molecule has 0 unspecified atom stereocenters. The first-order chi connectivity index (χ1) is 13.4. The predicted molar refractivity (Wildman–Crippen MR) is 105 cm³/mol. The fourth-order valence-electron chi connectivity index (χ4n) is 2.41. The molecular weight excluding hydrogens is 401 g/mol. The molecule has 7 nitrogen and oxygen atoms in total. The van der Waals surface area contributed by atoms with Gasteiger partial charge in [0.15, 0.2) is 0 Å². The van der Waals surface area contributed by atoms with Crippen LogP contribution in [0.15, 0.2) is 53.6 Å². The Bertz CT molecular complexity index is 989. The molecule has 0 aliphatic carbocycles. The highest BCUT2D eigenvalue weighted by Crippen LogP contribution is 2.25. The van der Waals surface area contributed by atoms with Gasteiger partial charge in [0, 0.05) is 10.0 Å². The van der Waals surface area contributed by atoms with Gasteiger partial charge in [-0.05, 0) is 35.4 Å². The Balaban J connectivity index is 2.50. The Kier molecular flexibility index (Phi) is 7.11. The van der Waals surface area contributed by atoms with Crippen molar-refractivity contribution in [3.8, 4) is 12.1 Å². The standard InChI is InChI=1S/C19H13Cl2N5O2/c20-13-5-1-11(2-6-13)15(9-22)17(25-26-19(24)28)18(27)16(10-23)12-3-7-14(21)8-4-12/h1-8,15-16H,(H3,24,26,28)/b25-17-/t15-,16-/m0/s1. The van der Waals surface area contributed by atoms with Gasteiger partial charge in [-0.25, -0.2) is 10.2 Å². The highest BCUT2D eigenvalue weighted by atomic mass is 35.5. The quantitative estimate of drug-likeness (QED) is 0.553. The van der Waals surface area contributed by atoms with Crippen molar-refractivity contribution in [1.82, 2.24) is 5.43 Å². The molecule has 0 saturated carbocycles. The van der Waals surface area contributed by atoms with Crippen LogP contribution in [0.5, 0.6) is 0 Å². The van der Waals surface area contributed by atoms with E-state index in [1.165, 1.54) is 24.3 Å². The molecule has 0 saturated heterocycles. The summed E-state index contributed by atoms with van der Waals surface area (Å²) in [4.78, 5) is 24.1. The highest BCUT2D eigenvalue weighted by Gasteiger charge is 2.32.